The third-order valence-corrected chi connectivity index (χ3v) is 2.33. The summed E-state index contributed by atoms with van der Waals surface area (Å²) in [6.07, 6.45) is 4.41. The van der Waals surface area contributed by atoms with Crippen molar-refractivity contribution in [3.8, 4) is 0 Å². The first kappa shape index (κ1) is 10.4. The topological polar surface area (TPSA) is 92.7 Å². The van der Waals surface area contributed by atoms with Crippen LogP contribution in [0, 0.1) is 0 Å². The quantitative estimate of drug-likeness (QED) is 0.579. The van der Waals surface area contributed by atoms with Gasteiger partial charge < -0.3 is 21.8 Å². The Morgan fingerprint density at radius 3 is 2.81 bits per heavy atom. The molecule has 2 aromatic rings. The summed E-state index contributed by atoms with van der Waals surface area (Å²) in [5.41, 5.74) is 13.5. The van der Waals surface area contributed by atoms with Crippen LogP contribution in [0.2, 0.25) is 0 Å². The average molecular weight is 217 g/mol. The standard InChI is InChI=1S/C11H15N5/c12-9-2-1-8(7-10(9)13)14-4-3-11-15-5-6-16-11/h1-2,5-7,14H,3-4,12-13H2,(H,15,16). The van der Waals surface area contributed by atoms with Crippen LogP contribution in [0.25, 0.3) is 0 Å². The summed E-state index contributed by atoms with van der Waals surface area (Å²) in [5, 5.41) is 3.26. The molecular weight excluding hydrogens is 202 g/mol. The highest BCUT2D eigenvalue weighted by Gasteiger charge is 1.98. The van der Waals surface area contributed by atoms with Crippen molar-refractivity contribution in [2.24, 2.45) is 0 Å². The Hall–Kier alpha value is -2.17. The fourth-order valence-electron chi connectivity index (χ4n) is 1.44. The van der Waals surface area contributed by atoms with Crippen LogP contribution in [-0.2, 0) is 6.42 Å². The molecule has 0 saturated carbocycles. The van der Waals surface area contributed by atoms with Crippen molar-refractivity contribution in [1.82, 2.24) is 9.97 Å². The van der Waals surface area contributed by atoms with E-state index in [-0.39, 0.29) is 0 Å². The number of nitrogens with zero attached hydrogens (tertiary/aromatic N) is 1. The predicted octanol–water partition coefficient (Wildman–Crippen LogP) is 1.23. The number of hydrogen-bond donors (Lipinski definition) is 4. The molecule has 1 aromatic carbocycles. The zero-order valence-electron chi connectivity index (χ0n) is 8.90. The van der Waals surface area contributed by atoms with Gasteiger partial charge in [0.05, 0.1) is 11.4 Å². The van der Waals surface area contributed by atoms with E-state index in [1.165, 1.54) is 0 Å². The number of rotatable bonds is 4. The van der Waals surface area contributed by atoms with Crippen molar-refractivity contribution >= 4 is 17.1 Å². The summed E-state index contributed by atoms with van der Waals surface area (Å²) in [4.78, 5) is 7.19. The Morgan fingerprint density at radius 2 is 2.12 bits per heavy atom. The fraction of sp³-hybridized carbons (Fsp3) is 0.182. The number of nitrogens with one attached hydrogen (secondary N) is 2. The molecular formula is C11H15N5. The molecule has 0 bridgehead atoms. The summed E-state index contributed by atoms with van der Waals surface area (Å²) in [5.74, 6) is 0.968. The monoisotopic (exact) mass is 217 g/mol. The van der Waals surface area contributed by atoms with Gasteiger partial charge in [-0.2, -0.15) is 0 Å². The Kier molecular flexibility index (Phi) is 2.95. The minimum absolute atomic E-state index is 0.600. The molecule has 0 unspecified atom stereocenters. The molecule has 0 amide bonds. The molecule has 0 saturated heterocycles. The van der Waals surface area contributed by atoms with Crippen LogP contribution in [0.3, 0.4) is 0 Å². The number of H-pyrrole nitrogens is 1. The number of aromatic amines is 1. The van der Waals surface area contributed by atoms with Gasteiger partial charge in [-0.1, -0.05) is 0 Å². The van der Waals surface area contributed by atoms with Crippen molar-refractivity contribution in [3.05, 3.63) is 36.4 Å². The number of hydrogen-bond acceptors (Lipinski definition) is 4. The van der Waals surface area contributed by atoms with Gasteiger partial charge in [0.25, 0.3) is 0 Å². The van der Waals surface area contributed by atoms with E-state index in [1.54, 1.807) is 12.3 Å². The first-order valence-corrected chi connectivity index (χ1v) is 5.13. The Labute approximate surface area is 93.9 Å². The third-order valence-electron chi connectivity index (χ3n) is 2.33. The molecule has 1 heterocycles. The maximum absolute atomic E-state index is 5.70. The lowest BCUT2D eigenvalue weighted by molar-refractivity contribution is 0.927. The maximum Gasteiger partial charge on any atom is 0.107 e. The van der Waals surface area contributed by atoms with E-state index in [0.29, 0.717) is 11.4 Å². The second-order valence-corrected chi connectivity index (χ2v) is 3.56. The number of imidazole rings is 1. The van der Waals surface area contributed by atoms with E-state index in [4.69, 9.17) is 11.5 Å². The van der Waals surface area contributed by atoms with E-state index in [1.807, 2.05) is 18.3 Å². The van der Waals surface area contributed by atoms with E-state index in [0.717, 1.165) is 24.5 Å². The largest absolute Gasteiger partial charge is 0.397 e. The summed E-state index contributed by atoms with van der Waals surface area (Å²) in [6, 6.07) is 5.54. The van der Waals surface area contributed by atoms with E-state index >= 15 is 0 Å². The zero-order valence-corrected chi connectivity index (χ0v) is 8.90. The van der Waals surface area contributed by atoms with E-state index in [2.05, 4.69) is 15.3 Å². The number of benzene rings is 1. The molecule has 5 heteroatoms. The number of nitrogens with two attached hydrogens (primary N) is 2. The summed E-state index contributed by atoms with van der Waals surface area (Å²) in [7, 11) is 0. The predicted molar refractivity (Wildman–Crippen MR) is 66.0 cm³/mol. The minimum atomic E-state index is 0.600. The van der Waals surface area contributed by atoms with E-state index < -0.39 is 0 Å². The molecule has 0 aliphatic heterocycles. The second-order valence-electron chi connectivity index (χ2n) is 3.56. The smallest absolute Gasteiger partial charge is 0.107 e. The Morgan fingerprint density at radius 1 is 1.25 bits per heavy atom. The third kappa shape index (κ3) is 2.44. The fourth-order valence-corrected chi connectivity index (χ4v) is 1.44. The summed E-state index contributed by atoms with van der Waals surface area (Å²) < 4.78 is 0. The van der Waals surface area contributed by atoms with Gasteiger partial charge in [-0.25, -0.2) is 4.98 Å². The maximum atomic E-state index is 5.70. The number of anilines is 3. The van der Waals surface area contributed by atoms with Gasteiger partial charge in [0.15, 0.2) is 0 Å². The van der Waals surface area contributed by atoms with Crippen LogP contribution in [0.15, 0.2) is 30.6 Å². The molecule has 0 spiro atoms. The second kappa shape index (κ2) is 4.57. The van der Waals surface area contributed by atoms with Gasteiger partial charge in [-0.3, -0.25) is 0 Å². The van der Waals surface area contributed by atoms with Crippen LogP contribution in [-0.4, -0.2) is 16.5 Å². The number of aromatic nitrogens is 2. The molecule has 0 radical (unpaired) electrons. The molecule has 6 N–H and O–H groups in total. The molecule has 0 aliphatic carbocycles. The van der Waals surface area contributed by atoms with Crippen molar-refractivity contribution in [1.29, 1.82) is 0 Å². The first-order valence-electron chi connectivity index (χ1n) is 5.13. The van der Waals surface area contributed by atoms with Crippen molar-refractivity contribution in [2.75, 3.05) is 23.3 Å². The van der Waals surface area contributed by atoms with Crippen LogP contribution < -0.4 is 16.8 Å². The highest BCUT2D eigenvalue weighted by atomic mass is 14.9. The lowest BCUT2D eigenvalue weighted by Gasteiger charge is -2.07. The molecule has 84 valence electrons. The molecule has 0 aliphatic rings. The molecule has 5 nitrogen and oxygen atoms in total. The molecule has 0 fully saturated rings. The highest BCUT2D eigenvalue weighted by molar-refractivity contribution is 5.69. The van der Waals surface area contributed by atoms with Crippen LogP contribution in [0.5, 0.6) is 0 Å². The summed E-state index contributed by atoms with van der Waals surface area (Å²) >= 11 is 0. The van der Waals surface area contributed by atoms with Gasteiger partial charge in [0, 0.05) is 31.0 Å². The van der Waals surface area contributed by atoms with Crippen LogP contribution >= 0.6 is 0 Å². The lowest BCUT2D eigenvalue weighted by Crippen LogP contribution is -2.06. The van der Waals surface area contributed by atoms with Crippen molar-refractivity contribution in [3.63, 3.8) is 0 Å². The molecule has 1 aromatic heterocycles. The van der Waals surface area contributed by atoms with Crippen LogP contribution in [0.1, 0.15) is 5.82 Å². The normalized spacial score (nSPS) is 10.2. The van der Waals surface area contributed by atoms with Gasteiger partial charge in [0.1, 0.15) is 5.82 Å². The van der Waals surface area contributed by atoms with Gasteiger partial charge in [-0.15, -0.1) is 0 Å². The van der Waals surface area contributed by atoms with Gasteiger partial charge in [0.2, 0.25) is 0 Å². The molecule has 0 atom stereocenters. The molecule has 2 rings (SSSR count). The van der Waals surface area contributed by atoms with Gasteiger partial charge >= 0.3 is 0 Å². The average Bonchev–Trinajstić information content (AvgIpc) is 2.76. The molecule has 16 heavy (non-hydrogen) atoms. The SMILES string of the molecule is Nc1ccc(NCCc2ncc[nH]2)cc1N. The zero-order chi connectivity index (χ0) is 11.4. The number of nitrogen functional groups attached to an aromatic ring is 2. The van der Waals surface area contributed by atoms with Gasteiger partial charge in [-0.05, 0) is 18.2 Å². The highest BCUT2D eigenvalue weighted by Crippen LogP contribution is 2.19. The Bertz CT molecular complexity index is 449. The Balaban J connectivity index is 1.87. The van der Waals surface area contributed by atoms with Crippen molar-refractivity contribution in [2.45, 2.75) is 6.42 Å². The van der Waals surface area contributed by atoms with Crippen molar-refractivity contribution < 1.29 is 0 Å². The first-order chi connectivity index (χ1) is 7.75. The summed E-state index contributed by atoms with van der Waals surface area (Å²) in [6.45, 7) is 0.802. The minimum Gasteiger partial charge on any atom is -0.397 e. The lowest BCUT2D eigenvalue weighted by atomic mass is 10.2. The van der Waals surface area contributed by atoms with Crippen LogP contribution in [0.4, 0.5) is 17.1 Å². The van der Waals surface area contributed by atoms with E-state index in [9.17, 15) is 0 Å².